The van der Waals surface area contributed by atoms with Gasteiger partial charge < -0.3 is 10.1 Å². The number of rotatable bonds is 4. The number of nitrogens with zero attached hydrogens (tertiary/aromatic N) is 1. The zero-order chi connectivity index (χ0) is 16.1. The molecule has 1 heterocycles. The van der Waals surface area contributed by atoms with Crippen LogP contribution in [0.3, 0.4) is 0 Å². The first kappa shape index (κ1) is 15.6. The summed E-state index contributed by atoms with van der Waals surface area (Å²) in [6.07, 6.45) is -0.751. The van der Waals surface area contributed by atoms with Crippen molar-refractivity contribution in [3.63, 3.8) is 0 Å². The Kier molecular flexibility index (Phi) is 4.82. The summed E-state index contributed by atoms with van der Waals surface area (Å²) in [4.78, 5) is 34.6. The molecule has 1 aromatic carbocycles. The summed E-state index contributed by atoms with van der Waals surface area (Å²) >= 11 is 0. The molecule has 0 radical (unpaired) electrons. The van der Waals surface area contributed by atoms with Gasteiger partial charge in [0, 0.05) is 18.5 Å². The molecule has 0 saturated carbocycles. The Morgan fingerprint density at radius 3 is 2.59 bits per heavy atom. The molecule has 0 unspecified atom stereocenters. The van der Waals surface area contributed by atoms with E-state index < -0.39 is 23.8 Å². The predicted molar refractivity (Wildman–Crippen MR) is 75.4 cm³/mol. The first-order chi connectivity index (χ1) is 10.5. The van der Waals surface area contributed by atoms with Gasteiger partial charge in [0.2, 0.25) is 5.91 Å². The van der Waals surface area contributed by atoms with E-state index in [1.165, 1.54) is 31.2 Å². The second kappa shape index (κ2) is 6.79. The van der Waals surface area contributed by atoms with Gasteiger partial charge in [-0.1, -0.05) is 0 Å². The lowest BCUT2D eigenvalue weighted by molar-refractivity contribution is -0.146. The van der Waals surface area contributed by atoms with Gasteiger partial charge in [-0.25, -0.2) is 14.6 Å². The van der Waals surface area contributed by atoms with Crippen molar-refractivity contribution in [2.24, 2.45) is 5.10 Å². The fourth-order valence-electron chi connectivity index (χ4n) is 1.68. The number of nitrogens with one attached hydrogen (secondary N) is 2. The van der Waals surface area contributed by atoms with E-state index in [1.807, 2.05) is 0 Å². The van der Waals surface area contributed by atoms with Crippen molar-refractivity contribution >= 4 is 29.2 Å². The van der Waals surface area contributed by atoms with E-state index in [9.17, 15) is 18.8 Å². The van der Waals surface area contributed by atoms with Gasteiger partial charge in [0.15, 0.2) is 6.10 Å². The van der Waals surface area contributed by atoms with Gasteiger partial charge in [-0.3, -0.25) is 9.59 Å². The molecule has 22 heavy (non-hydrogen) atoms. The molecule has 1 aliphatic heterocycles. The number of esters is 1. The van der Waals surface area contributed by atoms with Crippen LogP contribution in [0.15, 0.2) is 29.4 Å². The Hall–Kier alpha value is -2.77. The van der Waals surface area contributed by atoms with Crippen molar-refractivity contribution in [2.45, 2.75) is 25.9 Å². The molecule has 2 rings (SSSR count). The molecule has 7 nitrogen and oxygen atoms in total. The van der Waals surface area contributed by atoms with Crippen LogP contribution >= 0.6 is 0 Å². The number of ether oxygens (including phenoxy) is 1. The number of carbonyl (C=O) groups excluding carboxylic acids is 3. The van der Waals surface area contributed by atoms with Gasteiger partial charge in [0.25, 0.3) is 5.91 Å². The highest BCUT2D eigenvalue weighted by atomic mass is 19.1. The lowest BCUT2D eigenvalue weighted by atomic mass is 10.2. The standard InChI is InChI=1S/C14H14FN3O4/c1-8(13(20)16-10-4-2-9(15)3-5-10)22-14(21)11-6-7-12(19)18-17-11/h2-5,8H,6-7H2,1H3,(H,16,20)(H,18,19)/t8-/m1/s1. The summed E-state index contributed by atoms with van der Waals surface area (Å²) < 4.78 is 17.7. The number of hydrazone groups is 1. The minimum atomic E-state index is -1.06. The normalized spacial score (nSPS) is 15.4. The molecule has 8 heteroatoms. The average molecular weight is 307 g/mol. The SMILES string of the molecule is C[C@@H](OC(=O)C1=NNC(=O)CC1)C(=O)Nc1ccc(F)cc1. The van der Waals surface area contributed by atoms with Gasteiger partial charge >= 0.3 is 5.97 Å². The summed E-state index contributed by atoms with van der Waals surface area (Å²) in [5.74, 6) is -2.02. The molecule has 1 aliphatic rings. The van der Waals surface area contributed by atoms with E-state index in [2.05, 4.69) is 15.8 Å². The molecule has 2 N–H and O–H groups in total. The van der Waals surface area contributed by atoms with Gasteiger partial charge in [0.1, 0.15) is 11.5 Å². The van der Waals surface area contributed by atoms with Crippen molar-refractivity contribution in [3.8, 4) is 0 Å². The van der Waals surface area contributed by atoms with Crippen LogP contribution in [0.1, 0.15) is 19.8 Å². The molecule has 2 amide bonds. The summed E-state index contributed by atoms with van der Waals surface area (Å²) in [5, 5.41) is 6.08. The van der Waals surface area contributed by atoms with Crippen molar-refractivity contribution < 1.29 is 23.5 Å². The van der Waals surface area contributed by atoms with Gasteiger partial charge in [-0.05, 0) is 31.2 Å². The molecule has 0 aliphatic carbocycles. The van der Waals surface area contributed by atoms with Crippen LogP contribution in [0.5, 0.6) is 0 Å². The molecule has 0 aromatic heterocycles. The molecular weight excluding hydrogens is 293 g/mol. The third kappa shape index (κ3) is 4.11. The Morgan fingerprint density at radius 2 is 2.00 bits per heavy atom. The zero-order valence-electron chi connectivity index (χ0n) is 11.8. The van der Waals surface area contributed by atoms with Gasteiger partial charge in [0.05, 0.1) is 0 Å². The second-order valence-electron chi connectivity index (χ2n) is 4.64. The van der Waals surface area contributed by atoms with Crippen LogP contribution in [0.4, 0.5) is 10.1 Å². The third-order valence-corrected chi connectivity index (χ3v) is 2.90. The fraction of sp³-hybridized carbons (Fsp3) is 0.286. The van der Waals surface area contributed by atoms with Crippen molar-refractivity contribution in [1.29, 1.82) is 0 Å². The lowest BCUT2D eigenvalue weighted by Gasteiger charge is -2.15. The molecule has 0 bridgehead atoms. The van der Waals surface area contributed by atoms with Crippen LogP contribution in [0.2, 0.25) is 0 Å². The number of benzene rings is 1. The van der Waals surface area contributed by atoms with E-state index in [0.717, 1.165) is 0 Å². The number of amides is 2. The maximum Gasteiger partial charge on any atom is 0.355 e. The summed E-state index contributed by atoms with van der Waals surface area (Å²) in [6.45, 7) is 1.40. The van der Waals surface area contributed by atoms with Crippen molar-refractivity contribution in [2.75, 3.05) is 5.32 Å². The molecule has 0 fully saturated rings. The van der Waals surface area contributed by atoms with Crippen LogP contribution in [0, 0.1) is 5.82 Å². The van der Waals surface area contributed by atoms with E-state index in [4.69, 9.17) is 4.74 Å². The highest BCUT2D eigenvalue weighted by molar-refractivity contribution is 6.37. The maximum absolute atomic E-state index is 12.8. The van der Waals surface area contributed by atoms with E-state index in [1.54, 1.807) is 0 Å². The molecular formula is C14H14FN3O4. The van der Waals surface area contributed by atoms with E-state index >= 15 is 0 Å². The molecule has 0 spiro atoms. The van der Waals surface area contributed by atoms with Gasteiger partial charge in [-0.15, -0.1) is 0 Å². The number of hydrogen-bond donors (Lipinski definition) is 2. The number of halogens is 1. The summed E-state index contributed by atoms with van der Waals surface area (Å²) in [5.41, 5.74) is 2.61. The van der Waals surface area contributed by atoms with Crippen LogP contribution < -0.4 is 10.7 Å². The Morgan fingerprint density at radius 1 is 1.32 bits per heavy atom. The minimum Gasteiger partial charge on any atom is -0.448 e. The third-order valence-electron chi connectivity index (χ3n) is 2.90. The Balaban J connectivity index is 1.89. The Labute approximate surface area is 125 Å². The van der Waals surface area contributed by atoms with Crippen LogP contribution in [0.25, 0.3) is 0 Å². The molecule has 116 valence electrons. The average Bonchev–Trinajstić information content (AvgIpc) is 2.50. The predicted octanol–water partition coefficient (Wildman–Crippen LogP) is 0.962. The number of carbonyl (C=O) groups is 3. The second-order valence-corrected chi connectivity index (χ2v) is 4.64. The lowest BCUT2D eigenvalue weighted by Crippen LogP contribution is -2.35. The van der Waals surface area contributed by atoms with Crippen molar-refractivity contribution in [3.05, 3.63) is 30.1 Å². The topological polar surface area (TPSA) is 96.9 Å². The van der Waals surface area contributed by atoms with Gasteiger partial charge in [-0.2, -0.15) is 5.10 Å². The molecule has 1 aromatic rings. The zero-order valence-corrected chi connectivity index (χ0v) is 11.8. The molecule has 1 atom stereocenters. The summed E-state index contributed by atoms with van der Waals surface area (Å²) in [6, 6.07) is 5.18. The first-order valence-corrected chi connectivity index (χ1v) is 6.58. The fourth-order valence-corrected chi connectivity index (χ4v) is 1.68. The first-order valence-electron chi connectivity index (χ1n) is 6.58. The Bertz CT molecular complexity index is 627. The minimum absolute atomic E-state index is 0.0565. The highest BCUT2D eigenvalue weighted by Crippen LogP contribution is 2.10. The quantitative estimate of drug-likeness (QED) is 0.810. The summed E-state index contributed by atoms with van der Waals surface area (Å²) in [7, 11) is 0. The van der Waals surface area contributed by atoms with Crippen LogP contribution in [-0.4, -0.2) is 29.6 Å². The molecule has 0 saturated heterocycles. The monoisotopic (exact) mass is 307 g/mol. The largest absolute Gasteiger partial charge is 0.448 e. The highest BCUT2D eigenvalue weighted by Gasteiger charge is 2.24. The number of hydrogen-bond acceptors (Lipinski definition) is 5. The van der Waals surface area contributed by atoms with E-state index in [0.29, 0.717) is 5.69 Å². The maximum atomic E-state index is 12.8. The number of anilines is 1. The van der Waals surface area contributed by atoms with Crippen molar-refractivity contribution in [1.82, 2.24) is 5.43 Å². The van der Waals surface area contributed by atoms with Crippen LogP contribution in [-0.2, 0) is 19.1 Å². The smallest absolute Gasteiger partial charge is 0.355 e. The van der Waals surface area contributed by atoms with E-state index in [-0.39, 0.29) is 24.5 Å².